The number of nitrogens with one attached hydrogen (secondary N) is 6. The van der Waals surface area contributed by atoms with Crippen molar-refractivity contribution in [3.05, 3.63) is 59.7 Å². The van der Waals surface area contributed by atoms with Crippen molar-refractivity contribution in [1.82, 2.24) is 31.9 Å². The highest BCUT2D eigenvalue weighted by Crippen LogP contribution is 2.65. The average molecular weight is 971 g/mol. The van der Waals surface area contributed by atoms with Crippen LogP contribution in [0.2, 0.25) is 0 Å². The van der Waals surface area contributed by atoms with E-state index in [-0.39, 0.29) is 36.8 Å². The number of hydrogen-bond acceptors (Lipinski definition) is 10. The lowest BCUT2D eigenvalue weighted by Gasteiger charge is -2.64. The summed E-state index contributed by atoms with van der Waals surface area (Å²) in [6, 6.07) is 10.9. The Labute approximate surface area is 414 Å². The molecule has 70 heavy (non-hydrogen) atoms. The summed E-state index contributed by atoms with van der Waals surface area (Å²) in [5.41, 5.74) is 14.7. The lowest BCUT2D eigenvalue weighted by molar-refractivity contribution is -0.199. The van der Waals surface area contributed by atoms with Gasteiger partial charge in [0.1, 0.15) is 24.2 Å². The minimum atomic E-state index is -1.38. The molecule has 0 spiro atoms. The molecule has 1 unspecified atom stereocenters. The van der Waals surface area contributed by atoms with Gasteiger partial charge in [-0.15, -0.1) is 0 Å². The second-order valence-corrected chi connectivity index (χ2v) is 21.1. The van der Waals surface area contributed by atoms with Crippen LogP contribution in [-0.4, -0.2) is 103 Å². The molecule has 1 saturated heterocycles. The Hall–Kier alpha value is -5.33. The van der Waals surface area contributed by atoms with Gasteiger partial charge in [0.25, 0.3) is 5.91 Å². The Balaban J connectivity index is 1.14. The van der Waals surface area contributed by atoms with Gasteiger partial charge in [-0.2, -0.15) is 0 Å². The summed E-state index contributed by atoms with van der Waals surface area (Å²) in [4.78, 5) is 93.8. The smallest absolute Gasteiger partial charge is 0.404 e. The highest BCUT2D eigenvalue weighted by atomic mass is 16.7. The third kappa shape index (κ3) is 14.0. The van der Waals surface area contributed by atoms with Gasteiger partial charge in [-0.3, -0.25) is 33.6 Å². The quantitative estimate of drug-likeness (QED) is 0.0499. The Kier molecular flexibility index (Phi) is 19.6. The van der Waals surface area contributed by atoms with Crippen molar-refractivity contribution in [3.8, 4) is 11.1 Å². The summed E-state index contributed by atoms with van der Waals surface area (Å²) >= 11 is 0. The standard InChI is InChI=1S/C52H79BN8O9/c1-10-11-14-33-16-18-34(19-17-33)35-20-22-36(23-21-35)46(64)56-26-24-43(63)58-38(15-12-13-25-54)47(65)60-45(31(4)5)50(68)61-44(30(2)3)49(67)59-39(29-42(55)62)48(66)57-32(6)53-69-41-28-37-27-40(51(37,7)8)52(41,9)70-53/h16-23,30-32,37-41,44-45H,10-15,24-29,54H2,1-9H3,(H2,55,62)(H,56,64)(H,57,66)(H,58,63)(H,59,67)(H,60,65)(H,61,68)/t32-,37-,38-,39-,40-,41?,44-,45-,52-/m0/s1. The molecule has 2 bridgehead atoms. The molecule has 0 aromatic heterocycles. The number of benzene rings is 2. The first-order valence-corrected chi connectivity index (χ1v) is 25.4. The fourth-order valence-corrected chi connectivity index (χ4v) is 10.2. The van der Waals surface area contributed by atoms with Gasteiger partial charge in [-0.1, -0.05) is 91.3 Å². The summed E-state index contributed by atoms with van der Waals surface area (Å²) in [5, 5.41) is 16.5. The molecule has 1 heterocycles. The van der Waals surface area contributed by atoms with Crippen molar-refractivity contribution in [3.63, 3.8) is 0 Å². The van der Waals surface area contributed by atoms with Crippen LogP contribution in [0.25, 0.3) is 11.1 Å². The van der Waals surface area contributed by atoms with E-state index in [2.05, 4.69) is 83.9 Å². The fraction of sp³-hybridized carbons (Fsp3) is 0.635. The Morgan fingerprint density at radius 3 is 1.89 bits per heavy atom. The zero-order chi connectivity index (χ0) is 51.5. The topological polar surface area (TPSA) is 262 Å². The van der Waals surface area contributed by atoms with Gasteiger partial charge < -0.3 is 52.7 Å². The zero-order valence-electron chi connectivity index (χ0n) is 42.8. The monoisotopic (exact) mass is 971 g/mol. The minimum absolute atomic E-state index is 0.0159. The molecule has 4 aliphatic rings. The summed E-state index contributed by atoms with van der Waals surface area (Å²) < 4.78 is 12.8. The second kappa shape index (κ2) is 24.7. The van der Waals surface area contributed by atoms with E-state index >= 15 is 0 Å². The lowest BCUT2D eigenvalue weighted by atomic mass is 9.43. The molecule has 3 saturated carbocycles. The molecule has 384 valence electrons. The first-order valence-electron chi connectivity index (χ1n) is 25.4. The van der Waals surface area contributed by atoms with Gasteiger partial charge in [-0.05, 0) is 123 Å². The number of rotatable bonds is 26. The molecule has 18 heteroatoms. The Morgan fingerprint density at radius 1 is 0.729 bits per heavy atom. The maximum Gasteiger partial charge on any atom is 0.481 e. The molecule has 6 rings (SSSR count). The molecule has 4 fully saturated rings. The van der Waals surface area contributed by atoms with Crippen LogP contribution in [-0.2, 0) is 44.5 Å². The van der Waals surface area contributed by atoms with Crippen LogP contribution in [0.15, 0.2) is 48.5 Å². The van der Waals surface area contributed by atoms with E-state index in [1.165, 1.54) is 5.56 Å². The van der Waals surface area contributed by atoms with Crippen molar-refractivity contribution in [2.75, 3.05) is 13.1 Å². The maximum absolute atomic E-state index is 14.0. The van der Waals surface area contributed by atoms with Gasteiger partial charge in [-0.25, -0.2) is 0 Å². The molecule has 10 N–H and O–H groups in total. The van der Waals surface area contributed by atoms with Crippen LogP contribution in [0.4, 0.5) is 0 Å². The normalized spacial score (nSPS) is 22.1. The number of hydrogen-bond donors (Lipinski definition) is 8. The Morgan fingerprint density at radius 2 is 1.31 bits per heavy atom. The number of carbonyl (C=O) groups is 7. The van der Waals surface area contributed by atoms with Gasteiger partial charge in [0.2, 0.25) is 35.4 Å². The predicted molar refractivity (Wildman–Crippen MR) is 269 cm³/mol. The van der Waals surface area contributed by atoms with Gasteiger partial charge in [0.05, 0.1) is 24.1 Å². The summed E-state index contributed by atoms with van der Waals surface area (Å²) in [5.74, 6) is -5.08. The highest BCUT2D eigenvalue weighted by Gasteiger charge is 2.68. The second-order valence-electron chi connectivity index (χ2n) is 21.1. The third-order valence-electron chi connectivity index (χ3n) is 14.8. The summed E-state index contributed by atoms with van der Waals surface area (Å²) in [6.07, 6.45) is 5.85. The van der Waals surface area contributed by atoms with Crippen molar-refractivity contribution in [1.29, 1.82) is 0 Å². The SMILES string of the molecule is CCCCc1ccc(-c2ccc(C(=O)NCCC(=O)N[C@@H](CCCCN)C(=O)N[C@H](C(=O)N[C@H](C(=O)N[C@@H](CC(N)=O)C(=O)N[C@@H](C)B3OC4C[C@@H]5C[C@@H](C5(C)C)[C@]4(C)O3)C(C)C)C(C)C)cc2)cc1. The maximum atomic E-state index is 14.0. The van der Waals surface area contributed by atoms with Crippen molar-refractivity contribution >= 4 is 48.5 Å². The van der Waals surface area contributed by atoms with Crippen molar-refractivity contribution in [2.45, 2.75) is 168 Å². The van der Waals surface area contributed by atoms with Crippen LogP contribution < -0.4 is 43.4 Å². The fourth-order valence-electron chi connectivity index (χ4n) is 10.2. The number of amides is 7. The van der Waals surface area contributed by atoms with E-state index in [0.29, 0.717) is 36.8 Å². The van der Waals surface area contributed by atoms with Gasteiger partial charge in [0, 0.05) is 18.5 Å². The lowest BCUT2D eigenvalue weighted by Crippen LogP contribution is -2.65. The van der Waals surface area contributed by atoms with Gasteiger partial charge in [0.15, 0.2) is 0 Å². The number of primary amides is 1. The Bertz CT molecular complexity index is 2150. The van der Waals surface area contributed by atoms with Gasteiger partial charge >= 0.3 is 7.12 Å². The number of unbranched alkanes of at least 4 members (excludes halogenated alkanes) is 2. The number of nitrogens with two attached hydrogens (primary N) is 2. The van der Waals surface area contributed by atoms with E-state index in [9.17, 15) is 33.6 Å². The van der Waals surface area contributed by atoms with E-state index in [1.807, 2.05) is 12.1 Å². The molecule has 7 amide bonds. The molecular weight excluding hydrogens is 891 g/mol. The molecule has 1 aliphatic heterocycles. The molecular formula is C52H79BN8O9. The van der Waals surface area contributed by atoms with Crippen LogP contribution in [0.5, 0.6) is 0 Å². The molecule has 17 nitrogen and oxygen atoms in total. The largest absolute Gasteiger partial charge is 0.481 e. The third-order valence-corrected chi connectivity index (χ3v) is 14.8. The van der Waals surface area contributed by atoms with Crippen LogP contribution in [0.3, 0.4) is 0 Å². The zero-order valence-corrected chi connectivity index (χ0v) is 42.8. The summed E-state index contributed by atoms with van der Waals surface area (Å²) in [6.45, 7) is 17.7. The average Bonchev–Trinajstić information content (AvgIpc) is 3.68. The molecule has 3 aliphatic carbocycles. The van der Waals surface area contributed by atoms with E-state index in [4.69, 9.17) is 20.8 Å². The van der Waals surface area contributed by atoms with E-state index in [1.54, 1.807) is 46.8 Å². The molecule has 9 atom stereocenters. The minimum Gasteiger partial charge on any atom is -0.404 e. The number of carbonyl (C=O) groups excluding carboxylic acids is 7. The summed E-state index contributed by atoms with van der Waals surface area (Å²) in [7, 11) is -0.745. The van der Waals surface area contributed by atoms with E-state index in [0.717, 1.165) is 43.2 Å². The van der Waals surface area contributed by atoms with Crippen molar-refractivity contribution in [2.24, 2.45) is 40.6 Å². The molecule has 0 radical (unpaired) electrons. The first kappa shape index (κ1) is 55.6. The van der Waals surface area contributed by atoms with Crippen LogP contribution in [0.1, 0.15) is 136 Å². The molecule has 2 aromatic rings. The van der Waals surface area contributed by atoms with E-state index < -0.39 is 96.5 Å². The first-order chi connectivity index (χ1) is 33.1. The predicted octanol–water partition coefficient (Wildman–Crippen LogP) is 3.84. The number of aryl methyl sites for hydroxylation is 1. The highest BCUT2D eigenvalue weighted by molar-refractivity contribution is 6.47. The van der Waals surface area contributed by atoms with Crippen LogP contribution >= 0.6 is 0 Å². The van der Waals surface area contributed by atoms with Crippen LogP contribution in [0, 0.1) is 29.1 Å². The van der Waals surface area contributed by atoms with Crippen molar-refractivity contribution < 1.29 is 42.9 Å². The molecule has 2 aromatic carbocycles.